The number of hydrogen-bond donors (Lipinski definition) is 1. The Labute approximate surface area is 182 Å². The number of cyclic esters (lactones) is 1. The van der Waals surface area contributed by atoms with Gasteiger partial charge in [-0.15, -0.1) is 0 Å². The standard InChI is InChI=1S/C26H28FNO3/c1-16-24-23(22-8-3-2-5-18(22)14-26(24,30)25(29)31-16)12-11-21-10-9-19(15-28-21)17-6-4-7-20(27)13-17/h4,6-7,9-13,15-16,18,22-24,30H,2-3,5,8,14H2,1H3/b12-11+. The second kappa shape index (κ2) is 7.86. The molecule has 6 unspecified atom stereocenters. The van der Waals surface area contributed by atoms with Crippen LogP contribution in [0.2, 0.25) is 0 Å². The minimum atomic E-state index is -1.37. The Morgan fingerprint density at radius 3 is 2.81 bits per heavy atom. The van der Waals surface area contributed by atoms with Gasteiger partial charge in [-0.05, 0) is 67.4 Å². The predicted octanol–water partition coefficient (Wildman–Crippen LogP) is 5.02. The molecule has 3 fully saturated rings. The van der Waals surface area contributed by atoms with Crippen LogP contribution in [0.25, 0.3) is 17.2 Å². The van der Waals surface area contributed by atoms with Crippen molar-refractivity contribution in [3.8, 4) is 11.1 Å². The van der Waals surface area contributed by atoms with Gasteiger partial charge in [0.25, 0.3) is 0 Å². The van der Waals surface area contributed by atoms with E-state index in [-0.39, 0.29) is 23.8 Å². The lowest BCUT2D eigenvalue weighted by Crippen LogP contribution is -2.54. The highest BCUT2D eigenvalue weighted by Crippen LogP contribution is 2.55. The third-order valence-electron chi connectivity index (χ3n) is 7.59. The normalized spacial score (nSPS) is 34.9. The number of hydrogen-bond acceptors (Lipinski definition) is 4. The predicted molar refractivity (Wildman–Crippen MR) is 116 cm³/mol. The van der Waals surface area contributed by atoms with Gasteiger partial charge in [-0.2, -0.15) is 0 Å². The zero-order chi connectivity index (χ0) is 21.6. The molecular formula is C26H28FNO3. The van der Waals surface area contributed by atoms with E-state index >= 15 is 0 Å². The summed E-state index contributed by atoms with van der Waals surface area (Å²) in [5.74, 6) is -0.0531. The average molecular weight is 422 g/mol. The second-order valence-electron chi connectivity index (χ2n) is 9.39. The molecule has 0 bridgehead atoms. The maximum absolute atomic E-state index is 13.5. The summed E-state index contributed by atoms with van der Waals surface area (Å²) >= 11 is 0. The van der Waals surface area contributed by atoms with Gasteiger partial charge in [-0.3, -0.25) is 4.98 Å². The van der Waals surface area contributed by atoms with Crippen molar-refractivity contribution >= 4 is 12.0 Å². The SMILES string of the molecule is CC1OC(=O)C2(O)CC3CCCCC3C(/C=C/c3ccc(-c4cccc(F)c4)cn3)C12. The first-order chi connectivity index (χ1) is 15.0. The number of allylic oxidation sites excluding steroid dienone is 1. The van der Waals surface area contributed by atoms with Crippen LogP contribution in [0.1, 0.15) is 44.7 Å². The van der Waals surface area contributed by atoms with Crippen LogP contribution in [-0.4, -0.2) is 27.8 Å². The molecule has 0 spiro atoms. The van der Waals surface area contributed by atoms with E-state index in [0.29, 0.717) is 18.3 Å². The average Bonchev–Trinajstić information content (AvgIpc) is 2.99. The van der Waals surface area contributed by atoms with E-state index in [4.69, 9.17) is 4.74 Å². The second-order valence-corrected chi connectivity index (χ2v) is 9.39. The van der Waals surface area contributed by atoms with Crippen molar-refractivity contribution in [1.82, 2.24) is 4.98 Å². The summed E-state index contributed by atoms with van der Waals surface area (Å²) in [4.78, 5) is 17.0. The molecule has 1 N–H and O–H groups in total. The number of esters is 1. The number of aliphatic hydroxyl groups is 1. The first kappa shape index (κ1) is 20.4. The zero-order valence-corrected chi connectivity index (χ0v) is 17.7. The van der Waals surface area contributed by atoms with Crippen molar-refractivity contribution in [2.75, 3.05) is 0 Å². The summed E-state index contributed by atoms with van der Waals surface area (Å²) in [6.45, 7) is 1.90. The summed E-state index contributed by atoms with van der Waals surface area (Å²) in [6, 6.07) is 10.3. The molecule has 2 aliphatic carbocycles. The van der Waals surface area contributed by atoms with Gasteiger partial charge in [-0.1, -0.05) is 43.5 Å². The molecule has 1 aliphatic heterocycles. The fraction of sp³-hybridized carbons (Fsp3) is 0.462. The number of aromatic nitrogens is 1. The summed E-state index contributed by atoms with van der Waals surface area (Å²) in [6.07, 6.45) is 10.7. The van der Waals surface area contributed by atoms with Crippen molar-refractivity contribution in [2.24, 2.45) is 23.7 Å². The molecule has 2 heterocycles. The largest absolute Gasteiger partial charge is 0.460 e. The Balaban J connectivity index is 1.42. The van der Waals surface area contributed by atoms with Crippen LogP contribution in [-0.2, 0) is 9.53 Å². The summed E-state index contributed by atoms with van der Waals surface area (Å²) in [5.41, 5.74) is 1.08. The molecule has 0 amide bonds. The van der Waals surface area contributed by atoms with E-state index in [9.17, 15) is 14.3 Å². The van der Waals surface area contributed by atoms with E-state index in [1.807, 2.05) is 31.2 Å². The number of rotatable bonds is 3. The van der Waals surface area contributed by atoms with Crippen LogP contribution in [0.15, 0.2) is 48.7 Å². The highest BCUT2D eigenvalue weighted by atomic mass is 19.1. The summed E-state index contributed by atoms with van der Waals surface area (Å²) in [5, 5.41) is 11.3. The lowest BCUT2D eigenvalue weighted by Gasteiger charge is -2.48. The summed E-state index contributed by atoms with van der Waals surface area (Å²) < 4.78 is 19.0. The number of ether oxygens (including phenoxy) is 1. The molecule has 162 valence electrons. The quantitative estimate of drug-likeness (QED) is 0.707. The first-order valence-corrected chi connectivity index (χ1v) is 11.3. The van der Waals surface area contributed by atoms with E-state index in [1.165, 1.54) is 18.6 Å². The Hall–Kier alpha value is -2.53. The fourth-order valence-corrected chi connectivity index (χ4v) is 6.20. The van der Waals surface area contributed by atoms with Crippen LogP contribution in [0, 0.1) is 29.5 Å². The fourth-order valence-electron chi connectivity index (χ4n) is 6.20. The van der Waals surface area contributed by atoms with Crippen LogP contribution < -0.4 is 0 Å². The van der Waals surface area contributed by atoms with Gasteiger partial charge < -0.3 is 9.84 Å². The number of fused-ring (bicyclic) bond motifs is 2. The molecular weight excluding hydrogens is 393 g/mol. The Morgan fingerprint density at radius 2 is 2.03 bits per heavy atom. The third-order valence-corrected chi connectivity index (χ3v) is 7.59. The van der Waals surface area contributed by atoms with Gasteiger partial charge in [0.2, 0.25) is 0 Å². The van der Waals surface area contributed by atoms with Gasteiger partial charge in [0.05, 0.1) is 5.69 Å². The Bertz CT molecular complexity index is 1000. The minimum absolute atomic E-state index is 0.0789. The van der Waals surface area contributed by atoms with E-state index < -0.39 is 11.6 Å². The molecule has 3 aliphatic rings. The molecule has 0 radical (unpaired) electrons. The van der Waals surface area contributed by atoms with E-state index in [0.717, 1.165) is 36.1 Å². The minimum Gasteiger partial charge on any atom is -0.460 e. The van der Waals surface area contributed by atoms with Crippen molar-refractivity contribution in [2.45, 2.75) is 50.7 Å². The van der Waals surface area contributed by atoms with Gasteiger partial charge in [0.1, 0.15) is 11.9 Å². The van der Waals surface area contributed by atoms with Crippen molar-refractivity contribution < 1.29 is 19.0 Å². The maximum atomic E-state index is 13.5. The van der Waals surface area contributed by atoms with Crippen LogP contribution in [0.3, 0.4) is 0 Å². The van der Waals surface area contributed by atoms with Gasteiger partial charge in [0, 0.05) is 17.7 Å². The van der Waals surface area contributed by atoms with Gasteiger partial charge in [-0.25, -0.2) is 9.18 Å². The van der Waals surface area contributed by atoms with Gasteiger partial charge >= 0.3 is 5.97 Å². The molecule has 1 aromatic heterocycles. The number of halogens is 1. The van der Waals surface area contributed by atoms with Crippen LogP contribution in [0.5, 0.6) is 0 Å². The number of pyridine rings is 1. The molecule has 2 aromatic rings. The smallest absolute Gasteiger partial charge is 0.338 e. The molecule has 1 aromatic carbocycles. The number of carbonyl (C=O) groups excluding carboxylic acids is 1. The lowest BCUT2D eigenvalue weighted by molar-refractivity contribution is -0.162. The van der Waals surface area contributed by atoms with Crippen molar-refractivity contribution in [3.05, 3.63) is 60.2 Å². The van der Waals surface area contributed by atoms with Crippen LogP contribution in [0.4, 0.5) is 4.39 Å². The number of carbonyl (C=O) groups is 1. The van der Waals surface area contributed by atoms with E-state index in [1.54, 1.807) is 12.3 Å². The highest BCUT2D eigenvalue weighted by Gasteiger charge is 2.63. The molecule has 6 atom stereocenters. The number of nitrogens with zero attached hydrogens (tertiary/aromatic N) is 1. The first-order valence-electron chi connectivity index (χ1n) is 11.3. The van der Waals surface area contributed by atoms with E-state index in [2.05, 4.69) is 11.1 Å². The monoisotopic (exact) mass is 421 g/mol. The molecule has 31 heavy (non-hydrogen) atoms. The Kier molecular flexibility index (Phi) is 5.17. The molecule has 5 rings (SSSR count). The maximum Gasteiger partial charge on any atom is 0.338 e. The lowest BCUT2D eigenvalue weighted by atomic mass is 9.56. The zero-order valence-electron chi connectivity index (χ0n) is 17.7. The van der Waals surface area contributed by atoms with Crippen molar-refractivity contribution in [1.29, 1.82) is 0 Å². The number of benzene rings is 1. The summed E-state index contributed by atoms with van der Waals surface area (Å²) in [7, 11) is 0. The van der Waals surface area contributed by atoms with Gasteiger partial charge in [0.15, 0.2) is 5.60 Å². The molecule has 4 nitrogen and oxygen atoms in total. The topological polar surface area (TPSA) is 59.4 Å². The van der Waals surface area contributed by atoms with Crippen LogP contribution >= 0.6 is 0 Å². The molecule has 5 heteroatoms. The molecule has 2 saturated carbocycles. The van der Waals surface area contributed by atoms with Crippen molar-refractivity contribution in [3.63, 3.8) is 0 Å². The third kappa shape index (κ3) is 3.59. The molecule has 1 saturated heterocycles. The highest BCUT2D eigenvalue weighted by molar-refractivity contribution is 5.82. The Morgan fingerprint density at radius 1 is 1.19 bits per heavy atom.